The zero-order valence-electron chi connectivity index (χ0n) is 17.5. The predicted molar refractivity (Wildman–Crippen MR) is 114 cm³/mol. The Morgan fingerprint density at radius 1 is 1.03 bits per heavy atom. The number of hydrogen-bond donors (Lipinski definition) is 0. The van der Waals surface area contributed by atoms with Gasteiger partial charge in [0.1, 0.15) is 11.5 Å². The molecular weight excluding hydrogens is 364 g/mol. The molecule has 5 heteroatoms. The smallest absolute Gasteiger partial charge is 0.227 e. The number of piperidine rings is 1. The molecule has 2 aromatic carbocycles. The summed E-state index contributed by atoms with van der Waals surface area (Å²) >= 11 is 0. The van der Waals surface area contributed by atoms with Crippen LogP contribution in [0.15, 0.2) is 48.5 Å². The van der Waals surface area contributed by atoms with Gasteiger partial charge in [0.05, 0.1) is 20.6 Å². The maximum atomic E-state index is 13.1. The molecule has 5 nitrogen and oxygen atoms in total. The van der Waals surface area contributed by atoms with E-state index < -0.39 is 0 Å². The normalized spacial score (nSPS) is 24.2. The highest BCUT2D eigenvalue weighted by molar-refractivity contribution is 5.79. The molecular formula is C24H30N2O3. The molecule has 2 aliphatic rings. The summed E-state index contributed by atoms with van der Waals surface area (Å²) < 4.78 is 10.7. The highest BCUT2D eigenvalue weighted by atomic mass is 16.5. The van der Waals surface area contributed by atoms with Gasteiger partial charge in [-0.2, -0.15) is 0 Å². The summed E-state index contributed by atoms with van der Waals surface area (Å²) in [6, 6.07) is 16.8. The van der Waals surface area contributed by atoms with Crippen LogP contribution in [0.25, 0.3) is 0 Å². The van der Waals surface area contributed by atoms with Gasteiger partial charge in [0, 0.05) is 43.1 Å². The van der Waals surface area contributed by atoms with E-state index in [1.807, 2.05) is 36.4 Å². The van der Waals surface area contributed by atoms with Crippen LogP contribution in [0.4, 0.5) is 0 Å². The van der Waals surface area contributed by atoms with E-state index >= 15 is 0 Å². The molecule has 0 bridgehead atoms. The van der Waals surface area contributed by atoms with Crippen LogP contribution in [0.5, 0.6) is 11.5 Å². The Morgan fingerprint density at radius 2 is 1.79 bits per heavy atom. The van der Waals surface area contributed by atoms with Crippen molar-refractivity contribution in [2.45, 2.75) is 24.8 Å². The van der Waals surface area contributed by atoms with Gasteiger partial charge in [-0.15, -0.1) is 0 Å². The number of fused-ring (bicyclic) bond motifs is 1. The Bertz CT molecular complexity index is 851. The number of nitrogens with zero attached hydrogens (tertiary/aromatic N) is 2. The van der Waals surface area contributed by atoms with Crippen molar-refractivity contribution >= 4 is 5.91 Å². The van der Waals surface area contributed by atoms with Crippen molar-refractivity contribution in [3.05, 3.63) is 59.7 Å². The molecule has 0 spiro atoms. The molecule has 4 rings (SSSR count). The zero-order valence-corrected chi connectivity index (χ0v) is 17.5. The van der Waals surface area contributed by atoms with Crippen LogP contribution >= 0.6 is 0 Å². The standard InChI is InChI=1S/C24H30N2O3/c1-25-15-20(17-8-10-19(28-2)11-9-17)21-16-26(13-12-22(21)25)24(27)14-18-6-4-5-7-23(18)29-3/h4-11,20-22H,12-16H2,1-3H3/t20-,21-,22-/m1/s1. The van der Waals surface area contributed by atoms with Crippen LogP contribution in [-0.2, 0) is 11.2 Å². The van der Waals surface area contributed by atoms with Crippen molar-refractivity contribution in [1.29, 1.82) is 0 Å². The summed E-state index contributed by atoms with van der Waals surface area (Å²) in [7, 11) is 5.57. The molecule has 1 amide bonds. The van der Waals surface area contributed by atoms with Gasteiger partial charge in [0.25, 0.3) is 0 Å². The van der Waals surface area contributed by atoms with E-state index in [0.717, 1.165) is 43.1 Å². The van der Waals surface area contributed by atoms with Crippen molar-refractivity contribution in [3.63, 3.8) is 0 Å². The number of carbonyl (C=O) groups is 1. The van der Waals surface area contributed by atoms with E-state index in [1.54, 1.807) is 14.2 Å². The van der Waals surface area contributed by atoms with Crippen molar-refractivity contribution in [2.75, 3.05) is 40.9 Å². The van der Waals surface area contributed by atoms with Crippen LogP contribution in [-0.4, -0.2) is 62.7 Å². The van der Waals surface area contributed by atoms with Gasteiger partial charge in [-0.1, -0.05) is 30.3 Å². The first kappa shape index (κ1) is 19.8. The lowest BCUT2D eigenvalue weighted by Crippen LogP contribution is -2.48. The summed E-state index contributed by atoms with van der Waals surface area (Å²) in [6.07, 6.45) is 1.43. The molecule has 2 heterocycles. The zero-order chi connectivity index (χ0) is 20.4. The van der Waals surface area contributed by atoms with Crippen molar-refractivity contribution in [2.24, 2.45) is 5.92 Å². The van der Waals surface area contributed by atoms with Crippen molar-refractivity contribution in [1.82, 2.24) is 9.80 Å². The number of hydrogen-bond acceptors (Lipinski definition) is 4. The third kappa shape index (κ3) is 3.97. The third-order valence-corrected chi connectivity index (χ3v) is 6.62. The maximum Gasteiger partial charge on any atom is 0.227 e. The number of amides is 1. The first-order chi connectivity index (χ1) is 14.1. The van der Waals surface area contributed by atoms with Crippen molar-refractivity contribution in [3.8, 4) is 11.5 Å². The Labute approximate surface area is 173 Å². The lowest BCUT2D eigenvalue weighted by molar-refractivity contribution is -0.132. The average molecular weight is 395 g/mol. The molecule has 0 aromatic heterocycles. The molecule has 29 heavy (non-hydrogen) atoms. The highest BCUT2D eigenvalue weighted by Crippen LogP contribution is 2.41. The molecule has 0 radical (unpaired) electrons. The topological polar surface area (TPSA) is 42.0 Å². The molecule has 2 aromatic rings. The summed E-state index contributed by atoms with van der Waals surface area (Å²) in [5.74, 6) is 2.76. The van der Waals surface area contributed by atoms with E-state index in [-0.39, 0.29) is 5.91 Å². The lowest BCUT2D eigenvalue weighted by atomic mass is 9.81. The average Bonchev–Trinajstić information content (AvgIpc) is 3.10. The van der Waals surface area contributed by atoms with Gasteiger partial charge >= 0.3 is 0 Å². The minimum Gasteiger partial charge on any atom is -0.497 e. The maximum absolute atomic E-state index is 13.1. The number of ether oxygens (including phenoxy) is 2. The fourth-order valence-corrected chi connectivity index (χ4v) is 5.05. The fraction of sp³-hybridized carbons (Fsp3) is 0.458. The number of rotatable bonds is 5. The van der Waals surface area contributed by atoms with Gasteiger partial charge in [-0.3, -0.25) is 4.79 Å². The third-order valence-electron chi connectivity index (χ3n) is 6.62. The van der Waals surface area contributed by atoms with E-state index in [1.165, 1.54) is 5.56 Å². The van der Waals surface area contributed by atoms with Crippen LogP contribution < -0.4 is 9.47 Å². The van der Waals surface area contributed by atoms with E-state index in [0.29, 0.717) is 24.3 Å². The SMILES string of the molecule is COc1ccc([C@H]2CN(C)[C@@H]3CCN(C(=O)Cc4ccccc4OC)C[C@H]23)cc1. The number of likely N-dealkylation sites (N-methyl/N-ethyl adjacent to an activating group) is 1. The summed E-state index contributed by atoms with van der Waals surface area (Å²) in [4.78, 5) is 17.6. The Balaban J connectivity index is 1.49. The number of likely N-dealkylation sites (tertiary alicyclic amines) is 2. The van der Waals surface area contributed by atoms with E-state index in [9.17, 15) is 4.79 Å². The minimum absolute atomic E-state index is 0.191. The van der Waals surface area contributed by atoms with Crippen LogP contribution in [0.2, 0.25) is 0 Å². The highest BCUT2D eigenvalue weighted by Gasteiger charge is 2.44. The number of carbonyl (C=O) groups excluding carboxylic acids is 1. The monoisotopic (exact) mass is 394 g/mol. The molecule has 0 aliphatic carbocycles. The largest absolute Gasteiger partial charge is 0.497 e. The molecule has 0 N–H and O–H groups in total. The quantitative estimate of drug-likeness (QED) is 0.781. The second-order valence-corrected chi connectivity index (χ2v) is 8.17. The molecule has 2 saturated heterocycles. The fourth-order valence-electron chi connectivity index (χ4n) is 5.05. The minimum atomic E-state index is 0.191. The number of para-hydroxylation sites is 1. The number of benzene rings is 2. The van der Waals surface area contributed by atoms with Gasteiger partial charge < -0.3 is 19.3 Å². The predicted octanol–water partition coefficient (Wildman–Crippen LogP) is 3.19. The molecule has 3 atom stereocenters. The first-order valence-electron chi connectivity index (χ1n) is 10.3. The van der Waals surface area contributed by atoms with Crippen LogP contribution in [0, 0.1) is 5.92 Å². The Morgan fingerprint density at radius 3 is 2.52 bits per heavy atom. The Hall–Kier alpha value is -2.53. The molecule has 0 unspecified atom stereocenters. The van der Waals surface area contributed by atoms with Gasteiger partial charge in [0.15, 0.2) is 0 Å². The molecule has 0 saturated carbocycles. The summed E-state index contributed by atoms with van der Waals surface area (Å²) in [5, 5.41) is 0. The Kier molecular flexibility index (Phi) is 5.76. The van der Waals surface area contributed by atoms with Gasteiger partial charge in [-0.25, -0.2) is 0 Å². The second kappa shape index (κ2) is 8.46. The molecule has 2 fully saturated rings. The second-order valence-electron chi connectivity index (χ2n) is 8.17. The van der Waals surface area contributed by atoms with E-state index in [4.69, 9.17) is 9.47 Å². The van der Waals surface area contributed by atoms with Crippen LogP contribution in [0.3, 0.4) is 0 Å². The summed E-state index contributed by atoms with van der Waals surface area (Å²) in [6.45, 7) is 2.69. The molecule has 2 aliphatic heterocycles. The van der Waals surface area contributed by atoms with Gasteiger partial charge in [0.2, 0.25) is 5.91 Å². The number of methoxy groups -OCH3 is 2. The van der Waals surface area contributed by atoms with Crippen LogP contribution in [0.1, 0.15) is 23.5 Å². The van der Waals surface area contributed by atoms with Crippen molar-refractivity contribution < 1.29 is 14.3 Å². The molecule has 154 valence electrons. The first-order valence-corrected chi connectivity index (χ1v) is 10.3. The summed E-state index contributed by atoms with van der Waals surface area (Å²) in [5.41, 5.74) is 2.29. The van der Waals surface area contributed by atoms with E-state index in [2.05, 4.69) is 29.0 Å². The van der Waals surface area contributed by atoms with Gasteiger partial charge in [-0.05, 0) is 37.2 Å². The lowest BCUT2D eigenvalue weighted by Gasteiger charge is -2.38.